The highest BCUT2D eigenvalue weighted by atomic mass is 16.5. The van der Waals surface area contributed by atoms with Gasteiger partial charge in [0.05, 0.1) is 11.1 Å². The molecule has 1 aromatic heterocycles. The molecule has 28 heavy (non-hydrogen) atoms. The zero-order valence-electron chi connectivity index (χ0n) is 17.1. The van der Waals surface area contributed by atoms with Gasteiger partial charge < -0.3 is 20.1 Å². The molecular weight excluding hydrogens is 354 g/mol. The highest BCUT2D eigenvalue weighted by Crippen LogP contribution is 2.38. The average Bonchev–Trinajstić information content (AvgIpc) is 3.16. The van der Waals surface area contributed by atoms with Crippen molar-refractivity contribution in [2.45, 2.75) is 63.8 Å². The largest absolute Gasteiger partial charge is 0.487 e. The molecule has 2 aromatic rings. The third kappa shape index (κ3) is 3.35. The Kier molecular flexibility index (Phi) is 4.78. The molecular formula is C22H30N3O3. The van der Waals surface area contributed by atoms with Crippen molar-refractivity contribution in [2.24, 2.45) is 0 Å². The molecule has 151 valence electrons. The van der Waals surface area contributed by atoms with E-state index in [1.165, 1.54) is 5.56 Å². The fraction of sp³-hybridized carbons (Fsp3) is 0.545. The Morgan fingerprint density at radius 2 is 2.14 bits per heavy atom. The maximum Gasteiger partial charge on any atom is 0.126 e. The molecule has 2 aliphatic rings. The van der Waals surface area contributed by atoms with Crippen LogP contribution in [0.3, 0.4) is 0 Å². The Hall–Kier alpha value is -1.86. The SMILES string of the molecule is CC1(C)C=C(CNCC(O)C2CCc3cc4[nH]ccc4cc3O2)C(C)(C)N1[O]. The van der Waals surface area contributed by atoms with E-state index in [9.17, 15) is 10.3 Å². The first-order valence-corrected chi connectivity index (χ1v) is 10.0. The number of aliphatic hydroxyl groups excluding tert-OH is 1. The predicted octanol–water partition coefficient (Wildman–Crippen LogP) is 2.96. The molecule has 3 N–H and O–H groups in total. The van der Waals surface area contributed by atoms with Crippen molar-refractivity contribution in [2.75, 3.05) is 13.1 Å². The van der Waals surface area contributed by atoms with Crippen molar-refractivity contribution in [1.82, 2.24) is 15.4 Å². The summed E-state index contributed by atoms with van der Waals surface area (Å²) >= 11 is 0. The van der Waals surface area contributed by atoms with Crippen molar-refractivity contribution in [1.29, 1.82) is 0 Å². The van der Waals surface area contributed by atoms with E-state index in [-0.39, 0.29) is 6.10 Å². The zero-order valence-corrected chi connectivity index (χ0v) is 17.1. The molecule has 0 amide bonds. The molecule has 2 unspecified atom stereocenters. The molecule has 0 saturated carbocycles. The Labute approximate surface area is 166 Å². The van der Waals surface area contributed by atoms with Crippen LogP contribution >= 0.6 is 0 Å². The van der Waals surface area contributed by atoms with Crippen LogP contribution in [0.1, 0.15) is 39.7 Å². The summed E-state index contributed by atoms with van der Waals surface area (Å²) in [5, 5.41) is 28.7. The second kappa shape index (κ2) is 6.88. The Morgan fingerprint density at radius 3 is 2.86 bits per heavy atom. The summed E-state index contributed by atoms with van der Waals surface area (Å²) in [7, 11) is 0. The molecule has 1 radical (unpaired) electrons. The van der Waals surface area contributed by atoms with Crippen LogP contribution in [0.5, 0.6) is 5.75 Å². The third-order valence-corrected chi connectivity index (χ3v) is 6.15. The van der Waals surface area contributed by atoms with Crippen molar-refractivity contribution >= 4 is 10.9 Å². The lowest BCUT2D eigenvalue weighted by molar-refractivity contribution is -0.238. The number of hydrogen-bond acceptors (Lipinski definition) is 4. The van der Waals surface area contributed by atoms with Crippen LogP contribution in [-0.4, -0.2) is 51.5 Å². The monoisotopic (exact) mass is 384 g/mol. The number of nitrogens with zero attached hydrogens (tertiary/aromatic N) is 1. The number of nitrogens with one attached hydrogen (secondary N) is 2. The van der Waals surface area contributed by atoms with Gasteiger partial charge in [0.25, 0.3) is 0 Å². The van der Waals surface area contributed by atoms with Gasteiger partial charge in [-0.05, 0) is 69.9 Å². The second-order valence-electron chi connectivity index (χ2n) is 9.09. The number of aromatic amines is 1. The number of rotatable bonds is 5. The van der Waals surface area contributed by atoms with Gasteiger partial charge in [0.15, 0.2) is 0 Å². The first-order chi connectivity index (χ1) is 13.2. The van der Waals surface area contributed by atoms with Gasteiger partial charge in [-0.25, -0.2) is 0 Å². The van der Waals surface area contributed by atoms with E-state index in [1.807, 2.05) is 52.1 Å². The second-order valence-corrected chi connectivity index (χ2v) is 9.09. The Balaban J connectivity index is 1.35. The average molecular weight is 385 g/mol. The van der Waals surface area contributed by atoms with Crippen LogP contribution < -0.4 is 10.1 Å². The van der Waals surface area contributed by atoms with Crippen molar-refractivity contribution < 1.29 is 15.1 Å². The quantitative estimate of drug-likeness (QED) is 0.693. The molecule has 2 atom stereocenters. The minimum Gasteiger partial charge on any atom is -0.487 e. The summed E-state index contributed by atoms with van der Waals surface area (Å²) in [6.07, 6.45) is 4.82. The van der Waals surface area contributed by atoms with E-state index in [0.717, 1.165) is 40.1 Å². The minimum absolute atomic E-state index is 0.227. The normalized spacial score (nSPS) is 24.6. The van der Waals surface area contributed by atoms with Crippen molar-refractivity contribution in [3.05, 3.63) is 41.6 Å². The number of hydroxylamine groups is 2. The van der Waals surface area contributed by atoms with E-state index >= 15 is 0 Å². The maximum atomic E-state index is 12.5. The molecule has 0 bridgehead atoms. The zero-order chi connectivity index (χ0) is 20.1. The molecule has 0 saturated heterocycles. The number of fused-ring (bicyclic) bond motifs is 2. The molecule has 1 aromatic carbocycles. The van der Waals surface area contributed by atoms with E-state index in [4.69, 9.17) is 4.74 Å². The predicted molar refractivity (Wildman–Crippen MR) is 109 cm³/mol. The van der Waals surface area contributed by atoms with Crippen LogP contribution in [0, 0.1) is 0 Å². The molecule has 2 aliphatic heterocycles. The molecule has 3 heterocycles. The van der Waals surface area contributed by atoms with E-state index in [1.54, 1.807) is 0 Å². The highest BCUT2D eigenvalue weighted by Gasteiger charge is 2.46. The summed E-state index contributed by atoms with van der Waals surface area (Å²) in [6, 6.07) is 6.21. The number of ether oxygens (including phenoxy) is 1. The van der Waals surface area contributed by atoms with E-state index < -0.39 is 17.2 Å². The summed E-state index contributed by atoms with van der Waals surface area (Å²) in [4.78, 5) is 3.23. The van der Waals surface area contributed by atoms with Gasteiger partial charge in [-0.2, -0.15) is 0 Å². The molecule has 4 rings (SSSR count). The van der Waals surface area contributed by atoms with Gasteiger partial charge in [-0.1, -0.05) is 6.08 Å². The maximum absolute atomic E-state index is 12.5. The standard InChI is InChI=1S/C22H30N3O3/c1-21(2)11-16(22(3,4)25(21)27)12-23-13-18(26)19-6-5-15-9-17-14(7-8-24-17)10-20(15)28-19/h7-11,18-19,23-24,26H,5-6,12-13H2,1-4H3. The van der Waals surface area contributed by atoms with Gasteiger partial charge >= 0.3 is 0 Å². The first-order valence-electron chi connectivity index (χ1n) is 10.0. The number of hydrogen-bond donors (Lipinski definition) is 3. The summed E-state index contributed by atoms with van der Waals surface area (Å²) in [6.45, 7) is 8.76. The lowest BCUT2D eigenvalue weighted by atomic mass is 9.96. The van der Waals surface area contributed by atoms with E-state index in [2.05, 4.69) is 16.4 Å². The van der Waals surface area contributed by atoms with Crippen LogP contribution in [0.2, 0.25) is 0 Å². The van der Waals surface area contributed by atoms with Crippen LogP contribution in [0.25, 0.3) is 10.9 Å². The molecule has 6 nitrogen and oxygen atoms in total. The summed E-state index contributed by atoms with van der Waals surface area (Å²) in [5.74, 6) is 0.866. The number of benzene rings is 1. The van der Waals surface area contributed by atoms with Gasteiger partial charge in [-0.3, -0.25) is 0 Å². The Morgan fingerprint density at radius 1 is 1.36 bits per heavy atom. The fourth-order valence-corrected chi connectivity index (χ4v) is 4.49. The lowest BCUT2D eigenvalue weighted by Crippen LogP contribution is -2.48. The number of aliphatic hydroxyl groups is 1. The first kappa shape index (κ1) is 19.5. The molecule has 0 aliphatic carbocycles. The highest BCUT2D eigenvalue weighted by molar-refractivity contribution is 5.82. The Bertz CT molecular complexity index is 900. The fourth-order valence-electron chi connectivity index (χ4n) is 4.49. The van der Waals surface area contributed by atoms with E-state index in [0.29, 0.717) is 13.1 Å². The van der Waals surface area contributed by atoms with Crippen LogP contribution in [0.15, 0.2) is 36.0 Å². The topological polar surface area (TPSA) is 80.4 Å². The minimum atomic E-state index is -0.600. The number of aryl methyl sites for hydroxylation is 1. The molecule has 0 spiro atoms. The van der Waals surface area contributed by atoms with Crippen LogP contribution in [0.4, 0.5) is 0 Å². The lowest BCUT2D eigenvalue weighted by Gasteiger charge is -2.34. The number of aromatic nitrogens is 1. The van der Waals surface area contributed by atoms with Gasteiger partial charge in [0, 0.05) is 30.2 Å². The molecule has 0 fully saturated rings. The summed E-state index contributed by atoms with van der Waals surface area (Å²) in [5.41, 5.74) is 2.32. The molecule has 6 heteroatoms. The smallest absolute Gasteiger partial charge is 0.126 e. The van der Waals surface area contributed by atoms with Crippen molar-refractivity contribution in [3.63, 3.8) is 0 Å². The van der Waals surface area contributed by atoms with Gasteiger partial charge in [0.2, 0.25) is 0 Å². The van der Waals surface area contributed by atoms with Crippen LogP contribution in [-0.2, 0) is 11.6 Å². The van der Waals surface area contributed by atoms with Gasteiger partial charge in [-0.15, -0.1) is 10.3 Å². The number of H-pyrrole nitrogens is 1. The summed E-state index contributed by atoms with van der Waals surface area (Å²) < 4.78 is 6.11. The van der Waals surface area contributed by atoms with Gasteiger partial charge in [0.1, 0.15) is 18.0 Å². The van der Waals surface area contributed by atoms with Crippen molar-refractivity contribution in [3.8, 4) is 5.75 Å². The third-order valence-electron chi connectivity index (χ3n) is 6.15.